The number of nitrogens with one attached hydrogen (secondary N) is 2. The number of nitro groups is 1. The fraction of sp³-hybridized carbons (Fsp3) is 0.320. The van der Waals surface area contributed by atoms with Crippen LogP contribution in [0, 0.1) is 10.1 Å². The van der Waals surface area contributed by atoms with E-state index in [0.717, 1.165) is 5.56 Å². The first kappa shape index (κ1) is 27.6. The van der Waals surface area contributed by atoms with Gasteiger partial charge in [-0.2, -0.15) is 11.8 Å². The summed E-state index contributed by atoms with van der Waals surface area (Å²) < 4.78 is 0. The third-order valence-corrected chi connectivity index (χ3v) is 5.76. The van der Waals surface area contributed by atoms with Gasteiger partial charge in [-0.25, -0.2) is 4.79 Å². The zero-order valence-electron chi connectivity index (χ0n) is 20.0. The van der Waals surface area contributed by atoms with E-state index in [-0.39, 0.29) is 23.2 Å². The van der Waals surface area contributed by atoms with Crippen molar-refractivity contribution in [2.24, 2.45) is 0 Å². The molecule has 1 atom stereocenters. The van der Waals surface area contributed by atoms with E-state index in [1.807, 2.05) is 39.2 Å². The van der Waals surface area contributed by atoms with Crippen LogP contribution in [0.3, 0.4) is 0 Å². The van der Waals surface area contributed by atoms with Crippen molar-refractivity contribution in [1.29, 1.82) is 0 Å². The molecule has 0 aliphatic heterocycles. The maximum atomic E-state index is 13.0. The largest absolute Gasteiger partial charge is 0.480 e. The second-order valence-corrected chi connectivity index (χ2v) is 9.82. The Balaban J connectivity index is 2.38. The average molecular weight is 500 g/mol. The summed E-state index contributed by atoms with van der Waals surface area (Å²) in [5, 5.41) is 25.5. The summed E-state index contributed by atoms with van der Waals surface area (Å²) in [6.45, 7) is 6.13. The van der Waals surface area contributed by atoms with E-state index in [1.54, 1.807) is 12.1 Å². The Labute approximate surface area is 208 Å². The summed E-state index contributed by atoms with van der Waals surface area (Å²) >= 11 is 1.44. The molecule has 0 bridgehead atoms. The van der Waals surface area contributed by atoms with Crippen molar-refractivity contribution >= 4 is 41.3 Å². The fourth-order valence-electron chi connectivity index (χ4n) is 3.10. The highest BCUT2D eigenvalue weighted by molar-refractivity contribution is 7.98. The van der Waals surface area contributed by atoms with Crippen LogP contribution < -0.4 is 10.6 Å². The number of aliphatic carboxylic acids is 1. The highest BCUT2D eigenvalue weighted by Gasteiger charge is 2.23. The van der Waals surface area contributed by atoms with Crippen molar-refractivity contribution in [1.82, 2.24) is 10.6 Å². The third-order valence-electron chi connectivity index (χ3n) is 5.11. The summed E-state index contributed by atoms with van der Waals surface area (Å²) in [5.74, 6) is -2.09. The molecule has 0 heterocycles. The predicted octanol–water partition coefficient (Wildman–Crippen LogP) is 3.99. The van der Waals surface area contributed by atoms with E-state index in [9.17, 15) is 29.6 Å². The van der Waals surface area contributed by atoms with E-state index in [4.69, 9.17) is 0 Å². The van der Waals surface area contributed by atoms with Crippen molar-refractivity contribution in [3.8, 4) is 0 Å². The lowest BCUT2D eigenvalue weighted by molar-refractivity contribution is -0.384. The number of non-ortho nitro benzene ring substituents is 1. The Bertz CT molecular complexity index is 1120. The standard InChI is InChI=1S/C25H29N3O6S/c1-25(2,3)18-10-8-17(9-11-18)22(29)27-21(15-16-6-5-7-19(14-16)28(33)34)23(30)26-20(24(31)32)12-13-35-4/h5-11,14-15,20H,12-13H2,1-4H3,(H,26,30)(H,27,29)(H,31,32)/b21-15-. The van der Waals surface area contributed by atoms with Crippen LogP contribution in [0.2, 0.25) is 0 Å². The zero-order chi connectivity index (χ0) is 26.2. The molecule has 2 rings (SSSR count). The molecular formula is C25H29N3O6S. The van der Waals surface area contributed by atoms with Crippen molar-refractivity contribution in [3.63, 3.8) is 0 Å². The first-order chi connectivity index (χ1) is 16.4. The molecule has 35 heavy (non-hydrogen) atoms. The molecular weight excluding hydrogens is 470 g/mol. The molecule has 0 aliphatic rings. The summed E-state index contributed by atoms with van der Waals surface area (Å²) in [6.07, 6.45) is 3.28. The molecule has 0 spiro atoms. The van der Waals surface area contributed by atoms with Gasteiger partial charge in [0, 0.05) is 17.7 Å². The normalized spacial score (nSPS) is 12.5. The van der Waals surface area contributed by atoms with Gasteiger partial charge in [0.15, 0.2) is 0 Å². The molecule has 3 N–H and O–H groups in total. The predicted molar refractivity (Wildman–Crippen MR) is 136 cm³/mol. The van der Waals surface area contributed by atoms with Crippen LogP contribution in [0.5, 0.6) is 0 Å². The van der Waals surface area contributed by atoms with E-state index in [2.05, 4.69) is 10.6 Å². The summed E-state index contributed by atoms with van der Waals surface area (Å²) in [5.41, 5.74) is 1.09. The highest BCUT2D eigenvalue weighted by atomic mass is 32.2. The number of carboxylic acids is 1. The minimum atomic E-state index is -1.20. The van der Waals surface area contributed by atoms with Gasteiger partial charge in [-0.15, -0.1) is 0 Å². The number of benzene rings is 2. The number of hydrogen-bond acceptors (Lipinski definition) is 6. The highest BCUT2D eigenvalue weighted by Crippen LogP contribution is 2.22. The van der Waals surface area contributed by atoms with Crippen LogP contribution in [-0.4, -0.2) is 45.9 Å². The number of carboxylic acid groups (broad SMARTS) is 1. The maximum Gasteiger partial charge on any atom is 0.326 e. The fourth-order valence-corrected chi connectivity index (χ4v) is 3.57. The van der Waals surface area contributed by atoms with Crippen molar-refractivity contribution in [3.05, 3.63) is 81.0 Å². The Morgan fingerprint density at radius 1 is 1.14 bits per heavy atom. The van der Waals surface area contributed by atoms with Crippen LogP contribution in [0.1, 0.15) is 48.7 Å². The lowest BCUT2D eigenvalue weighted by atomic mass is 9.87. The lowest BCUT2D eigenvalue weighted by Crippen LogP contribution is -2.44. The van der Waals surface area contributed by atoms with Gasteiger partial charge in [0.05, 0.1) is 4.92 Å². The molecule has 0 aromatic heterocycles. The SMILES string of the molecule is CSCCC(NC(=O)/C(=C/c1cccc([N+](=O)[O-])c1)NC(=O)c1ccc(C(C)(C)C)cc1)C(=O)O. The van der Waals surface area contributed by atoms with Crippen LogP contribution in [0.4, 0.5) is 5.69 Å². The van der Waals surface area contributed by atoms with Crippen molar-refractivity contribution < 1.29 is 24.4 Å². The smallest absolute Gasteiger partial charge is 0.326 e. The Morgan fingerprint density at radius 3 is 2.34 bits per heavy atom. The summed E-state index contributed by atoms with van der Waals surface area (Å²) in [7, 11) is 0. The van der Waals surface area contributed by atoms with Gasteiger partial charge in [0.2, 0.25) is 0 Å². The molecule has 0 saturated carbocycles. The minimum absolute atomic E-state index is 0.107. The molecule has 2 amide bonds. The number of nitro benzene ring substituents is 1. The van der Waals surface area contributed by atoms with E-state index < -0.39 is 28.7 Å². The second kappa shape index (κ2) is 12.2. The lowest BCUT2D eigenvalue weighted by Gasteiger charge is -2.19. The molecule has 0 radical (unpaired) electrons. The van der Waals surface area contributed by atoms with E-state index in [1.165, 1.54) is 42.1 Å². The van der Waals surface area contributed by atoms with Gasteiger partial charge in [0.25, 0.3) is 17.5 Å². The molecule has 186 valence electrons. The number of hydrogen-bond donors (Lipinski definition) is 3. The van der Waals surface area contributed by atoms with Crippen molar-refractivity contribution in [2.45, 2.75) is 38.6 Å². The third kappa shape index (κ3) is 8.25. The molecule has 0 aliphatic carbocycles. The van der Waals surface area contributed by atoms with Gasteiger partial charge in [-0.1, -0.05) is 45.0 Å². The molecule has 0 fully saturated rings. The molecule has 2 aromatic carbocycles. The number of rotatable bonds is 10. The maximum absolute atomic E-state index is 13.0. The zero-order valence-corrected chi connectivity index (χ0v) is 20.8. The van der Waals surface area contributed by atoms with Crippen LogP contribution in [0.15, 0.2) is 54.2 Å². The number of amides is 2. The van der Waals surface area contributed by atoms with Crippen LogP contribution >= 0.6 is 11.8 Å². The molecule has 9 nitrogen and oxygen atoms in total. The first-order valence-electron chi connectivity index (χ1n) is 10.8. The van der Waals surface area contributed by atoms with Crippen LogP contribution in [-0.2, 0) is 15.0 Å². The molecule has 10 heteroatoms. The first-order valence-corrected chi connectivity index (χ1v) is 12.2. The number of carbonyl (C=O) groups is 3. The summed E-state index contributed by atoms with van der Waals surface area (Å²) in [4.78, 5) is 48.1. The van der Waals surface area contributed by atoms with Gasteiger partial charge >= 0.3 is 5.97 Å². The Morgan fingerprint density at radius 2 is 1.80 bits per heavy atom. The van der Waals surface area contributed by atoms with Crippen molar-refractivity contribution in [2.75, 3.05) is 12.0 Å². The monoisotopic (exact) mass is 499 g/mol. The van der Waals surface area contributed by atoms with Gasteiger partial charge in [-0.3, -0.25) is 19.7 Å². The minimum Gasteiger partial charge on any atom is -0.480 e. The molecule has 2 aromatic rings. The van der Waals surface area contributed by atoms with E-state index >= 15 is 0 Å². The second-order valence-electron chi connectivity index (χ2n) is 8.84. The number of thioether (sulfide) groups is 1. The number of nitrogens with zero attached hydrogens (tertiary/aromatic N) is 1. The summed E-state index contributed by atoms with van der Waals surface area (Å²) in [6, 6.07) is 11.3. The quantitative estimate of drug-likeness (QED) is 0.255. The number of carbonyl (C=O) groups excluding carboxylic acids is 2. The topological polar surface area (TPSA) is 139 Å². The Hall–Kier alpha value is -3.66. The average Bonchev–Trinajstić information content (AvgIpc) is 2.80. The van der Waals surface area contributed by atoms with Gasteiger partial charge in [-0.05, 0) is 53.2 Å². The van der Waals surface area contributed by atoms with Gasteiger partial charge < -0.3 is 15.7 Å². The molecule has 0 saturated heterocycles. The van der Waals surface area contributed by atoms with Crippen LogP contribution in [0.25, 0.3) is 6.08 Å². The molecule has 1 unspecified atom stereocenters. The van der Waals surface area contributed by atoms with Gasteiger partial charge in [0.1, 0.15) is 11.7 Å². The van der Waals surface area contributed by atoms with E-state index in [0.29, 0.717) is 16.9 Å². The Kier molecular flexibility index (Phi) is 9.59.